The summed E-state index contributed by atoms with van der Waals surface area (Å²) in [6, 6.07) is 26.3. The third-order valence-corrected chi connectivity index (χ3v) is 6.54. The zero-order chi connectivity index (χ0) is 19.2. The topological polar surface area (TPSA) is 34.0 Å². The van der Waals surface area contributed by atoms with Gasteiger partial charge in [0.2, 0.25) is 0 Å². The average molecular weight is 380 g/mol. The maximum Gasteiger partial charge on any atom is 0.113 e. The number of aryl methyl sites for hydroxylation is 1. The van der Waals surface area contributed by atoms with Gasteiger partial charge < -0.3 is 4.90 Å². The van der Waals surface area contributed by atoms with Gasteiger partial charge in [0.15, 0.2) is 0 Å². The molecular formula is C25H24N4. The fourth-order valence-corrected chi connectivity index (χ4v) is 5.35. The van der Waals surface area contributed by atoms with Gasteiger partial charge in [-0.1, -0.05) is 65.9 Å². The highest BCUT2D eigenvalue weighted by Crippen LogP contribution is 2.45. The minimum atomic E-state index is 0.201. The Bertz CT molecular complexity index is 1160. The summed E-state index contributed by atoms with van der Waals surface area (Å²) in [5.41, 5.74) is 7.83. The molecule has 0 saturated carbocycles. The van der Waals surface area contributed by atoms with Crippen LogP contribution in [0, 0.1) is 5.92 Å². The van der Waals surface area contributed by atoms with E-state index in [0.717, 1.165) is 30.5 Å². The van der Waals surface area contributed by atoms with Crippen LogP contribution in [0.4, 0.5) is 5.69 Å². The number of aromatic nitrogens is 3. The van der Waals surface area contributed by atoms with Crippen molar-refractivity contribution in [2.75, 3.05) is 18.0 Å². The smallest absolute Gasteiger partial charge is 0.113 e. The van der Waals surface area contributed by atoms with Crippen molar-refractivity contribution >= 4 is 16.7 Å². The number of benzene rings is 3. The van der Waals surface area contributed by atoms with Crippen LogP contribution in [0.1, 0.15) is 29.2 Å². The van der Waals surface area contributed by atoms with Crippen molar-refractivity contribution in [2.45, 2.75) is 25.3 Å². The largest absolute Gasteiger partial charge is 0.371 e. The number of hydrogen-bond donors (Lipinski definition) is 0. The normalized spacial score (nSPS) is 20.6. The second kappa shape index (κ2) is 6.73. The van der Waals surface area contributed by atoms with Crippen molar-refractivity contribution in [2.24, 2.45) is 5.92 Å². The summed E-state index contributed by atoms with van der Waals surface area (Å²) in [5, 5.41) is 9.14. The molecule has 2 aliphatic rings. The Morgan fingerprint density at radius 2 is 1.76 bits per heavy atom. The van der Waals surface area contributed by atoms with Gasteiger partial charge in [0.05, 0.1) is 11.6 Å². The molecule has 1 aromatic heterocycles. The zero-order valence-electron chi connectivity index (χ0n) is 16.4. The summed E-state index contributed by atoms with van der Waals surface area (Å²) in [5.74, 6) is 0.448. The third kappa shape index (κ3) is 2.74. The van der Waals surface area contributed by atoms with Crippen LogP contribution < -0.4 is 4.90 Å². The van der Waals surface area contributed by atoms with Gasteiger partial charge >= 0.3 is 0 Å². The van der Waals surface area contributed by atoms with E-state index in [-0.39, 0.29) is 6.04 Å². The second-order valence-corrected chi connectivity index (χ2v) is 8.32. The van der Waals surface area contributed by atoms with Crippen LogP contribution in [0.3, 0.4) is 0 Å². The van der Waals surface area contributed by atoms with Crippen LogP contribution in [0.2, 0.25) is 0 Å². The summed E-state index contributed by atoms with van der Waals surface area (Å²) in [6.45, 7) is 2.22. The van der Waals surface area contributed by atoms with Gasteiger partial charge in [-0.3, -0.25) is 0 Å². The lowest BCUT2D eigenvalue weighted by Gasteiger charge is -2.44. The molecular weight excluding hydrogens is 356 g/mol. The van der Waals surface area contributed by atoms with E-state index in [1.165, 1.54) is 35.2 Å². The van der Waals surface area contributed by atoms with Crippen LogP contribution in [0.5, 0.6) is 0 Å². The van der Waals surface area contributed by atoms with Gasteiger partial charge in [-0.25, -0.2) is 4.68 Å². The molecule has 6 rings (SSSR count). The van der Waals surface area contributed by atoms with E-state index in [1.54, 1.807) is 0 Å². The molecule has 4 nitrogen and oxygen atoms in total. The lowest BCUT2D eigenvalue weighted by Crippen LogP contribution is -2.44. The molecule has 0 unspecified atom stereocenters. The summed E-state index contributed by atoms with van der Waals surface area (Å²) >= 11 is 0. The van der Waals surface area contributed by atoms with Crippen molar-refractivity contribution in [1.82, 2.24) is 15.0 Å². The molecule has 2 atom stereocenters. The monoisotopic (exact) mass is 380 g/mol. The lowest BCUT2D eigenvalue weighted by atomic mass is 9.80. The molecule has 0 radical (unpaired) electrons. The van der Waals surface area contributed by atoms with Gasteiger partial charge in [-0.15, -0.1) is 5.10 Å². The zero-order valence-corrected chi connectivity index (χ0v) is 16.4. The van der Waals surface area contributed by atoms with Gasteiger partial charge in [0.1, 0.15) is 5.52 Å². The van der Waals surface area contributed by atoms with Crippen LogP contribution >= 0.6 is 0 Å². The van der Waals surface area contributed by atoms with Crippen LogP contribution in [-0.4, -0.2) is 28.1 Å². The van der Waals surface area contributed by atoms with Crippen LogP contribution in [-0.2, 0) is 12.8 Å². The quantitative estimate of drug-likeness (QED) is 0.519. The Morgan fingerprint density at radius 3 is 2.69 bits per heavy atom. The Balaban J connectivity index is 1.53. The summed E-state index contributed by atoms with van der Waals surface area (Å²) in [7, 11) is 0. The molecule has 3 aromatic carbocycles. The van der Waals surface area contributed by atoms with Crippen LogP contribution in [0.15, 0.2) is 72.8 Å². The van der Waals surface area contributed by atoms with E-state index >= 15 is 0 Å². The molecule has 0 aliphatic carbocycles. The molecule has 0 N–H and O–H groups in total. The van der Waals surface area contributed by atoms with Crippen molar-refractivity contribution < 1.29 is 0 Å². The van der Waals surface area contributed by atoms with Gasteiger partial charge in [0.25, 0.3) is 0 Å². The highest BCUT2D eigenvalue weighted by Gasteiger charge is 2.38. The number of hydrogen-bond acceptors (Lipinski definition) is 3. The first-order chi connectivity index (χ1) is 14.4. The predicted molar refractivity (Wildman–Crippen MR) is 116 cm³/mol. The number of anilines is 1. The molecule has 0 bridgehead atoms. The molecule has 0 amide bonds. The Hall–Kier alpha value is -3.14. The van der Waals surface area contributed by atoms with Gasteiger partial charge in [0, 0.05) is 30.3 Å². The number of rotatable bonds is 3. The first-order valence-corrected chi connectivity index (χ1v) is 10.6. The highest BCUT2D eigenvalue weighted by atomic mass is 15.4. The standard InChI is InChI=1S/C25H24N4/c1-2-8-18(9-3-1)16-20-17-28-15-7-11-19-10-6-12-21(24(19)28)25(20)29-23-14-5-4-13-22(23)26-27-29/h1-6,8-10,12-14,20,25H,7,11,15-17H2/t20-,25+/m0/s1. The van der Waals surface area contributed by atoms with E-state index in [4.69, 9.17) is 0 Å². The van der Waals surface area contributed by atoms with Crippen molar-refractivity contribution in [1.29, 1.82) is 0 Å². The fraction of sp³-hybridized carbons (Fsp3) is 0.280. The van der Waals surface area contributed by atoms with Gasteiger partial charge in [-0.2, -0.15) is 0 Å². The summed E-state index contributed by atoms with van der Waals surface area (Å²) < 4.78 is 2.19. The van der Waals surface area contributed by atoms with E-state index in [2.05, 4.69) is 86.6 Å². The SMILES string of the molecule is c1ccc(C[C@H]2CN3CCCc4cccc(c43)[C@@H]2n2nnc3ccccc32)cc1. The predicted octanol–water partition coefficient (Wildman–Crippen LogP) is 4.65. The maximum absolute atomic E-state index is 4.66. The number of para-hydroxylation sites is 2. The average Bonchev–Trinajstić information content (AvgIpc) is 3.19. The van der Waals surface area contributed by atoms with E-state index < -0.39 is 0 Å². The van der Waals surface area contributed by atoms with Crippen molar-refractivity contribution in [3.63, 3.8) is 0 Å². The first kappa shape index (κ1) is 16.8. The van der Waals surface area contributed by atoms with E-state index in [1.807, 2.05) is 6.07 Å². The molecule has 3 heterocycles. The van der Waals surface area contributed by atoms with E-state index in [0.29, 0.717) is 5.92 Å². The molecule has 0 saturated heterocycles. The van der Waals surface area contributed by atoms with E-state index in [9.17, 15) is 0 Å². The number of nitrogens with zero attached hydrogens (tertiary/aromatic N) is 4. The Labute approximate surface area is 170 Å². The van der Waals surface area contributed by atoms with Crippen molar-refractivity contribution in [3.8, 4) is 0 Å². The summed E-state index contributed by atoms with van der Waals surface area (Å²) in [4.78, 5) is 2.62. The molecule has 29 heavy (non-hydrogen) atoms. The molecule has 2 aliphatic heterocycles. The highest BCUT2D eigenvalue weighted by molar-refractivity contribution is 5.75. The van der Waals surface area contributed by atoms with Crippen LogP contribution in [0.25, 0.3) is 11.0 Å². The third-order valence-electron chi connectivity index (χ3n) is 6.54. The first-order valence-electron chi connectivity index (χ1n) is 10.6. The maximum atomic E-state index is 4.66. The molecule has 0 spiro atoms. The fourth-order valence-electron chi connectivity index (χ4n) is 5.35. The Morgan fingerprint density at radius 1 is 0.897 bits per heavy atom. The minimum absolute atomic E-state index is 0.201. The molecule has 0 fully saturated rings. The van der Waals surface area contributed by atoms with Gasteiger partial charge in [-0.05, 0) is 42.5 Å². The Kier molecular flexibility index (Phi) is 3.89. The van der Waals surface area contributed by atoms with Crippen molar-refractivity contribution in [3.05, 3.63) is 89.5 Å². The molecule has 4 aromatic rings. The molecule has 4 heteroatoms. The minimum Gasteiger partial charge on any atom is -0.371 e. The summed E-state index contributed by atoms with van der Waals surface area (Å²) in [6.07, 6.45) is 3.46. The lowest BCUT2D eigenvalue weighted by molar-refractivity contribution is 0.332. The number of fused-ring (bicyclic) bond motifs is 1. The molecule has 144 valence electrons. The second-order valence-electron chi connectivity index (χ2n) is 8.32.